The number of rotatable bonds is 4. The molecule has 0 atom stereocenters. The first kappa shape index (κ1) is 15.5. The number of Topliss-reactive ketones (excluding diaryl/α,β-unsaturated/α-hetero) is 1. The van der Waals surface area contributed by atoms with E-state index in [9.17, 15) is 9.59 Å². The molecule has 2 aromatic rings. The molecule has 0 saturated heterocycles. The van der Waals surface area contributed by atoms with Gasteiger partial charge in [0, 0.05) is 24.2 Å². The van der Waals surface area contributed by atoms with Crippen LogP contribution in [0.2, 0.25) is 0 Å². The summed E-state index contributed by atoms with van der Waals surface area (Å²) in [5.74, 6) is 0.219. The molecule has 0 aliphatic carbocycles. The van der Waals surface area contributed by atoms with Crippen LogP contribution >= 0.6 is 0 Å². The number of aryl methyl sites for hydroxylation is 2. The minimum atomic E-state index is 0.0666. The van der Waals surface area contributed by atoms with Gasteiger partial charge in [0.05, 0.1) is 0 Å². The van der Waals surface area contributed by atoms with Crippen molar-refractivity contribution < 1.29 is 9.59 Å². The van der Waals surface area contributed by atoms with Gasteiger partial charge in [0.1, 0.15) is 0 Å². The number of hydrogen-bond donors (Lipinski definition) is 0. The van der Waals surface area contributed by atoms with E-state index >= 15 is 0 Å². The Hall–Kier alpha value is -2.42. The molecule has 0 N–H and O–H groups in total. The summed E-state index contributed by atoms with van der Waals surface area (Å²) < 4.78 is 0. The van der Waals surface area contributed by atoms with Crippen LogP contribution in [0.1, 0.15) is 40.4 Å². The van der Waals surface area contributed by atoms with E-state index < -0.39 is 0 Å². The van der Waals surface area contributed by atoms with Crippen LogP contribution in [0.15, 0.2) is 42.5 Å². The van der Waals surface area contributed by atoms with Gasteiger partial charge in [-0.05, 0) is 56.0 Å². The number of nitrogens with zero attached hydrogens (tertiary/aromatic N) is 1. The van der Waals surface area contributed by atoms with E-state index in [1.165, 1.54) is 11.1 Å². The number of anilines is 1. The third-order valence-electron chi connectivity index (χ3n) is 4.43. The van der Waals surface area contributed by atoms with Crippen LogP contribution in [0.4, 0.5) is 5.69 Å². The normalized spacial score (nSPS) is 13.0. The molecule has 1 aliphatic rings. The van der Waals surface area contributed by atoms with Gasteiger partial charge in [-0.25, -0.2) is 0 Å². The van der Waals surface area contributed by atoms with Crippen molar-refractivity contribution in [2.45, 2.75) is 33.1 Å². The average molecular weight is 307 g/mol. The number of ketones is 1. The molecule has 1 heterocycles. The lowest BCUT2D eigenvalue weighted by Crippen LogP contribution is -2.29. The van der Waals surface area contributed by atoms with Gasteiger partial charge >= 0.3 is 0 Å². The third kappa shape index (κ3) is 3.34. The SMILES string of the molecule is CC(=O)c1ccc2c(c1)CCN2C(=O)CCc1ccc(C)cc1. The van der Waals surface area contributed by atoms with Gasteiger partial charge in [0.25, 0.3) is 0 Å². The fraction of sp³-hybridized carbons (Fsp3) is 0.300. The molecule has 23 heavy (non-hydrogen) atoms. The molecule has 3 heteroatoms. The molecule has 2 aromatic carbocycles. The molecule has 0 radical (unpaired) electrons. The lowest BCUT2D eigenvalue weighted by atomic mass is 10.1. The highest BCUT2D eigenvalue weighted by Crippen LogP contribution is 2.29. The van der Waals surface area contributed by atoms with Crippen molar-refractivity contribution in [3.05, 3.63) is 64.7 Å². The summed E-state index contributed by atoms with van der Waals surface area (Å²) in [6, 6.07) is 14.0. The molecule has 0 fully saturated rings. The van der Waals surface area contributed by atoms with Crippen LogP contribution in [-0.2, 0) is 17.6 Å². The largest absolute Gasteiger partial charge is 0.312 e. The molecule has 1 amide bonds. The Labute approximate surface area is 136 Å². The maximum atomic E-state index is 12.5. The zero-order valence-electron chi connectivity index (χ0n) is 13.6. The smallest absolute Gasteiger partial charge is 0.227 e. The van der Waals surface area contributed by atoms with Crippen molar-refractivity contribution in [3.8, 4) is 0 Å². The van der Waals surface area contributed by atoms with E-state index in [-0.39, 0.29) is 11.7 Å². The molecular weight excluding hydrogens is 286 g/mol. The lowest BCUT2D eigenvalue weighted by Gasteiger charge is -2.17. The number of hydrogen-bond acceptors (Lipinski definition) is 2. The first-order valence-corrected chi connectivity index (χ1v) is 8.04. The topological polar surface area (TPSA) is 37.4 Å². The molecule has 3 nitrogen and oxygen atoms in total. The summed E-state index contributed by atoms with van der Waals surface area (Å²) in [4.78, 5) is 25.8. The first-order valence-electron chi connectivity index (χ1n) is 8.04. The van der Waals surface area contributed by atoms with Crippen LogP contribution in [0.25, 0.3) is 0 Å². The summed E-state index contributed by atoms with van der Waals surface area (Å²) in [6.07, 6.45) is 2.10. The summed E-state index contributed by atoms with van der Waals surface area (Å²) in [5.41, 5.74) is 5.20. The molecular formula is C20H21NO2. The van der Waals surface area contributed by atoms with E-state index in [0.717, 1.165) is 29.7 Å². The Bertz CT molecular complexity index is 747. The van der Waals surface area contributed by atoms with Crippen LogP contribution in [0, 0.1) is 6.92 Å². The van der Waals surface area contributed by atoms with Crippen molar-refractivity contribution >= 4 is 17.4 Å². The monoisotopic (exact) mass is 307 g/mol. The Balaban J connectivity index is 1.68. The lowest BCUT2D eigenvalue weighted by molar-refractivity contribution is -0.118. The van der Waals surface area contributed by atoms with Gasteiger partial charge in [0.2, 0.25) is 5.91 Å². The molecule has 0 bridgehead atoms. The number of amides is 1. The third-order valence-corrected chi connectivity index (χ3v) is 4.43. The fourth-order valence-corrected chi connectivity index (χ4v) is 3.02. The summed E-state index contributed by atoms with van der Waals surface area (Å²) in [5, 5.41) is 0. The number of carbonyl (C=O) groups excluding carboxylic acids is 2. The van der Waals surface area contributed by atoms with Crippen molar-refractivity contribution in [3.63, 3.8) is 0 Å². The molecule has 0 unspecified atom stereocenters. The molecule has 0 aromatic heterocycles. The van der Waals surface area contributed by atoms with Crippen LogP contribution in [-0.4, -0.2) is 18.2 Å². The quantitative estimate of drug-likeness (QED) is 0.807. The van der Waals surface area contributed by atoms with E-state index in [2.05, 4.69) is 31.2 Å². The van der Waals surface area contributed by atoms with Gasteiger partial charge in [-0.1, -0.05) is 29.8 Å². The fourth-order valence-electron chi connectivity index (χ4n) is 3.02. The van der Waals surface area contributed by atoms with E-state index in [0.29, 0.717) is 13.0 Å². The predicted molar refractivity (Wildman–Crippen MR) is 92.0 cm³/mol. The average Bonchev–Trinajstić information content (AvgIpc) is 2.97. The van der Waals surface area contributed by atoms with E-state index in [4.69, 9.17) is 0 Å². The van der Waals surface area contributed by atoms with Crippen LogP contribution in [0.3, 0.4) is 0 Å². The predicted octanol–water partition coefficient (Wildman–Crippen LogP) is 3.72. The number of benzene rings is 2. The zero-order valence-corrected chi connectivity index (χ0v) is 13.6. The van der Waals surface area contributed by atoms with E-state index in [1.54, 1.807) is 6.92 Å². The highest BCUT2D eigenvalue weighted by Gasteiger charge is 2.24. The molecule has 118 valence electrons. The van der Waals surface area contributed by atoms with Crippen molar-refractivity contribution in [1.29, 1.82) is 0 Å². The van der Waals surface area contributed by atoms with Crippen molar-refractivity contribution in [1.82, 2.24) is 0 Å². The summed E-state index contributed by atoms with van der Waals surface area (Å²) >= 11 is 0. The Morgan fingerprint density at radius 3 is 2.52 bits per heavy atom. The van der Waals surface area contributed by atoms with Gasteiger partial charge < -0.3 is 4.90 Å². The standard InChI is InChI=1S/C20H21NO2/c1-14-3-5-16(6-4-14)7-10-20(23)21-12-11-18-13-17(15(2)22)8-9-19(18)21/h3-6,8-9,13H,7,10-12H2,1-2H3. The molecule has 0 saturated carbocycles. The van der Waals surface area contributed by atoms with Gasteiger partial charge in [-0.2, -0.15) is 0 Å². The first-order chi connectivity index (χ1) is 11.0. The molecule has 1 aliphatic heterocycles. The maximum absolute atomic E-state index is 12.5. The zero-order chi connectivity index (χ0) is 16.4. The minimum absolute atomic E-state index is 0.0666. The van der Waals surface area contributed by atoms with Crippen LogP contribution < -0.4 is 4.90 Å². The number of fused-ring (bicyclic) bond motifs is 1. The maximum Gasteiger partial charge on any atom is 0.227 e. The Morgan fingerprint density at radius 1 is 1.09 bits per heavy atom. The van der Waals surface area contributed by atoms with Crippen molar-refractivity contribution in [2.24, 2.45) is 0 Å². The molecule has 0 spiro atoms. The number of carbonyl (C=O) groups is 2. The highest BCUT2D eigenvalue weighted by atomic mass is 16.2. The second-order valence-corrected chi connectivity index (χ2v) is 6.18. The van der Waals surface area contributed by atoms with Crippen molar-refractivity contribution in [2.75, 3.05) is 11.4 Å². The molecule has 3 rings (SSSR count). The van der Waals surface area contributed by atoms with Gasteiger partial charge in [-0.3, -0.25) is 9.59 Å². The Morgan fingerprint density at radius 2 is 1.83 bits per heavy atom. The second kappa shape index (κ2) is 6.37. The minimum Gasteiger partial charge on any atom is -0.312 e. The summed E-state index contributed by atoms with van der Waals surface area (Å²) in [7, 11) is 0. The van der Waals surface area contributed by atoms with Gasteiger partial charge in [0.15, 0.2) is 5.78 Å². The van der Waals surface area contributed by atoms with Gasteiger partial charge in [-0.15, -0.1) is 0 Å². The second-order valence-electron chi connectivity index (χ2n) is 6.18. The van der Waals surface area contributed by atoms with Crippen LogP contribution in [0.5, 0.6) is 0 Å². The highest BCUT2D eigenvalue weighted by molar-refractivity contribution is 5.98. The van der Waals surface area contributed by atoms with E-state index in [1.807, 2.05) is 23.1 Å². The summed E-state index contributed by atoms with van der Waals surface area (Å²) in [6.45, 7) is 4.34. The Kier molecular flexibility index (Phi) is 4.28.